The van der Waals surface area contributed by atoms with E-state index in [9.17, 15) is 0 Å². The molecule has 0 unspecified atom stereocenters. The van der Waals surface area contributed by atoms with Crippen molar-refractivity contribution in [2.24, 2.45) is 5.41 Å². The zero-order valence-corrected chi connectivity index (χ0v) is 16.4. The average Bonchev–Trinajstić information content (AvgIpc) is 2.43. The minimum atomic E-state index is -0.187. The summed E-state index contributed by atoms with van der Waals surface area (Å²) in [4.78, 5) is 0. The van der Waals surface area contributed by atoms with Gasteiger partial charge in [0.1, 0.15) is 11.5 Å². The predicted molar refractivity (Wildman–Crippen MR) is 102 cm³/mol. The highest BCUT2D eigenvalue weighted by molar-refractivity contribution is 6.36. The lowest BCUT2D eigenvalue weighted by Crippen LogP contribution is -2.10. The van der Waals surface area contributed by atoms with Crippen molar-refractivity contribution in [3.05, 3.63) is 68.5 Å². The topological polar surface area (TPSA) is 18.5 Å². The molecule has 0 spiro atoms. The van der Waals surface area contributed by atoms with E-state index < -0.39 is 0 Å². The summed E-state index contributed by atoms with van der Waals surface area (Å²) in [5.74, 6) is 1.12. The molecule has 2 aromatic carbocycles. The predicted octanol–water partition coefficient (Wildman–Crippen LogP) is 7.65. The fourth-order valence-corrected chi connectivity index (χ4v) is 2.66. The van der Waals surface area contributed by atoms with E-state index in [-0.39, 0.29) is 11.4 Å². The molecule has 6 heteroatoms. The fraction of sp³-hybridized carbons (Fsp3) is 0.222. The first-order chi connectivity index (χ1) is 11.1. The Hall–Kier alpha value is -1.06. The molecular weight excluding hydrogens is 390 g/mol. The number of ether oxygens (including phenoxy) is 2. The van der Waals surface area contributed by atoms with Crippen LogP contribution in [0.4, 0.5) is 0 Å². The molecule has 0 aliphatic rings. The van der Waals surface area contributed by atoms with Crippen LogP contribution in [0.2, 0.25) is 20.1 Å². The monoisotopic (exact) mass is 404 g/mol. The zero-order valence-electron chi connectivity index (χ0n) is 13.4. The quantitative estimate of drug-likeness (QED) is 0.486. The summed E-state index contributed by atoms with van der Waals surface area (Å²) in [5.41, 5.74) is -0.187. The highest BCUT2D eigenvalue weighted by atomic mass is 35.5. The van der Waals surface area contributed by atoms with Crippen molar-refractivity contribution in [2.75, 3.05) is 0 Å². The summed E-state index contributed by atoms with van der Waals surface area (Å²) in [6.07, 6.45) is 1.84. The molecule has 0 bridgehead atoms. The van der Waals surface area contributed by atoms with Crippen LogP contribution in [0.5, 0.6) is 11.5 Å². The van der Waals surface area contributed by atoms with E-state index in [2.05, 4.69) is 0 Å². The van der Waals surface area contributed by atoms with Crippen molar-refractivity contribution in [3.63, 3.8) is 0 Å². The van der Waals surface area contributed by atoms with E-state index >= 15 is 0 Å². The maximum atomic E-state index is 6.16. The molecule has 2 aromatic rings. The van der Waals surface area contributed by atoms with Gasteiger partial charge < -0.3 is 9.47 Å². The van der Waals surface area contributed by atoms with E-state index in [0.29, 0.717) is 31.6 Å². The SMILES string of the molecule is CC(C)(C)C=C(Oc1ccc(Cl)cc1Cl)Oc1ccc(Cl)cc1Cl. The van der Waals surface area contributed by atoms with Crippen LogP contribution in [0.25, 0.3) is 0 Å². The van der Waals surface area contributed by atoms with Gasteiger partial charge in [-0.05, 0) is 41.8 Å². The molecule has 0 aromatic heterocycles. The van der Waals surface area contributed by atoms with E-state index in [1.165, 1.54) is 0 Å². The van der Waals surface area contributed by atoms with Gasteiger partial charge in [0, 0.05) is 16.1 Å². The number of halogens is 4. The van der Waals surface area contributed by atoms with Crippen molar-refractivity contribution >= 4 is 46.4 Å². The second-order valence-corrected chi connectivity index (χ2v) is 7.87. The van der Waals surface area contributed by atoms with Crippen LogP contribution in [0.15, 0.2) is 48.4 Å². The van der Waals surface area contributed by atoms with Crippen LogP contribution in [-0.4, -0.2) is 0 Å². The molecule has 0 radical (unpaired) electrons. The molecule has 128 valence electrons. The second-order valence-electron chi connectivity index (χ2n) is 6.18. The third-order valence-electron chi connectivity index (χ3n) is 2.76. The largest absolute Gasteiger partial charge is 0.425 e. The molecule has 0 heterocycles. The van der Waals surface area contributed by atoms with Crippen molar-refractivity contribution < 1.29 is 9.47 Å². The normalized spacial score (nSPS) is 11.1. The van der Waals surface area contributed by atoms with Crippen LogP contribution >= 0.6 is 46.4 Å². The lowest BCUT2D eigenvalue weighted by atomic mass is 9.97. The first kappa shape index (κ1) is 19.3. The Bertz CT molecular complexity index is 709. The Morgan fingerprint density at radius 3 is 1.54 bits per heavy atom. The van der Waals surface area contributed by atoms with Gasteiger partial charge in [0.15, 0.2) is 0 Å². The molecule has 0 saturated heterocycles. The van der Waals surface area contributed by atoms with E-state index in [0.717, 1.165) is 0 Å². The van der Waals surface area contributed by atoms with Gasteiger partial charge in [-0.3, -0.25) is 0 Å². The third-order valence-corrected chi connectivity index (χ3v) is 3.82. The Kier molecular flexibility index (Phi) is 6.33. The third kappa shape index (κ3) is 5.78. The van der Waals surface area contributed by atoms with Gasteiger partial charge in [0.25, 0.3) is 5.95 Å². The molecule has 0 N–H and O–H groups in total. The minimum absolute atomic E-state index is 0.187. The van der Waals surface area contributed by atoms with Gasteiger partial charge in [-0.1, -0.05) is 67.2 Å². The summed E-state index contributed by atoms with van der Waals surface area (Å²) < 4.78 is 11.6. The number of benzene rings is 2. The van der Waals surface area contributed by atoms with Crippen LogP contribution in [0, 0.1) is 5.41 Å². The van der Waals surface area contributed by atoms with Crippen LogP contribution < -0.4 is 9.47 Å². The first-order valence-electron chi connectivity index (χ1n) is 7.13. The molecular formula is C18H16Cl4O2. The second kappa shape index (κ2) is 7.88. The summed E-state index contributed by atoms with van der Waals surface area (Å²) in [6.45, 7) is 6.06. The average molecular weight is 406 g/mol. The Labute approximate surface area is 161 Å². The molecule has 0 amide bonds. The van der Waals surface area contributed by atoms with Crippen molar-refractivity contribution in [3.8, 4) is 11.5 Å². The van der Waals surface area contributed by atoms with Gasteiger partial charge >= 0.3 is 0 Å². The summed E-state index contributed by atoms with van der Waals surface area (Å²) >= 11 is 24.1. The maximum Gasteiger partial charge on any atom is 0.286 e. The van der Waals surface area contributed by atoms with E-state index in [4.69, 9.17) is 55.9 Å². The van der Waals surface area contributed by atoms with Crippen molar-refractivity contribution in [1.29, 1.82) is 0 Å². The smallest absolute Gasteiger partial charge is 0.286 e. The number of hydrogen-bond acceptors (Lipinski definition) is 2. The van der Waals surface area contributed by atoms with Crippen molar-refractivity contribution in [1.82, 2.24) is 0 Å². The van der Waals surface area contributed by atoms with E-state index in [1.54, 1.807) is 36.4 Å². The molecule has 0 atom stereocenters. The van der Waals surface area contributed by atoms with Gasteiger partial charge in [-0.2, -0.15) is 0 Å². The molecule has 0 aliphatic carbocycles. The zero-order chi connectivity index (χ0) is 17.9. The molecule has 0 aliphatic heterocycles. The van der Waals surface area contributed by atoms with Gasteiger partial charge in [-0.15, -0.1) is 0 Å². The van der Waals surface area contributed by atoms with E-state index in [1.807, 2.05) is 26.8 Å². The highest BCUT2D eigenvalue weighted by Gasteiger charge is 2.16. The van der Waals surface area contributed by atoms with Crippen LogP contribution in [0.3, 0.4) is 0 Å². The summed E-state index contributed by atoms with van der Waals surface area (Å²) in [6, 6.07) is 9.92. The Morgan fingerprint density at radius 2 is 1.21 bits per heavy atom. The van der Waals surface area contributed by atoms with Gasteiger partial charge in [0.2, 0.25) is 0 Å². The maximum absolute atomic E-state index is 6.16. The number of allylic oxidation sites excluding steroid dienone is 1. The Balaban J connectivity index is 2.33. The fourth-order valence-electron chi connectivity index (χ4n) is 1.77. The molecule has 0 fully saturated rings. The summed E-state index contributed by atoms with van der Waals surface area (Å²) in [7, 11) is 0. The molecule has 0 saturated carbocycles. The van der Waals surface area contributed by atoms with Crippen LogP contribution in [-0.2, 0) is 0 Å². The standard InChI is InChI=1S/C18H16Cl4O2/c1-18(2,3)10-17(23-15-6-4-11(19)8-13(15)21)24-16-7-5-12(20)9-14(16)22/h4-10H,1-3H3. The molecule has 2 nitrogen and oxygen atoms in total. The van der Waals surface area contributed by atoms with Crippen molar-refractivity contribution in [2.45, 2.75) is 20.8 Å². The van der Waals surface area contributed by atoms with Gasteiger partial charge in [0.05, 0.1) is 10.0 Å². The molecule has 24 heavy (non-hydrogen) atoms. The Morgan fingerprint density at radius 1 is 0.792 bits per heavy atom. The lowest BCUT2D eigenvalue weighted by Gasteiger charge is -2.18. The molecule has 2 rings (SSSR count). The lowest BCUT2D eigenvalue weighted by molar-refractivity contribution is 0.217. The summed E-state index contributed by atoms with van der Waals surface area (Å²) in [5, 5.41) is 1.81. The number of rotatable bonds is 4. The van der Waals surface area contributed by atoms with Crippen LogP contribution in [0.1, 0.15) is 20.8 Å². The van der Waals surface area contributed by atoms with Gasteiger partial charge in [-0.25, -0.2) is 0 Å². The number of hydrogen-bond donors (Lipinski definition) is 0. The highest BCUT2D eigenvalue weighted by Crippen LogP contribution is 2.33. The first-order valence-corrected chi connectivity index (χ1v) is 8.64. The minimum Gasteiger partial charge on any atom is -0.425 e.